The van der Waals surface area contributed by atoms with Gasteiger partial charge in [-0.3, -0.25) is 0 Å². The maximum Gasteiger partial charge on any atom is 0.232 e. The van der Waals surface area contributed by atoms with E-state index in [-0.39, 0.29) is 0 Å². The first kappa shape index (κ1) is 11.9. The fraction of sp³-hybridized carbons (Fsp3) is 0.727. The summed E-state index contributed by atoms with van der Waals surface area (Å²) >= 11 is 0. The molecule has 0 aromatic carbocycles. The Morgan fingerprint density at radius 2 is 1.82 bits per heavy atom. The number of anilines is 3. The number of nitrogens with two attached hydrogens (primary N) is 1. The van der Waals surface area contributed by atoms with Gasteiger partial charge in [0, 0.05) is 26.7 Å². The fourth-order valence-corrected chi connectivity index (χ4v) is 1.77. The first-order valence-electron chi connectivity index (χ1n) is 6.07. The van der Waals surface area contributed by atoms with Gasteiger partial charge < -0.3 is 15.5 Å². The summed E-state index contributed by atoms with van der Waals surface area (Å²) in [4.78, 5) is 16.9. The van der Waals surface area contributed by atoms with Gasteiger partial charge in [0.05, 0.1) is 0 Å². The SMILES string of the molecule is CCCN(c1nc(N)nc(N(C)C)n1)C1CC1. The van der Waals surface area contributed by atoms with E-state index in [1.807, 2.05) is 19.0 Å². The highest BCUT2D eigenvalue weighted by Crippen LogP contribution is 2.30. The van der Waals surface area contributed by atoms with Gasteiger partial charge in [-0.05, 0) is 19.3 Å². The van der Waals surface area contributed by atoms with Gasteiger partial charge in [-0.15, -0.1) is 0 Å². The average molecular weight is 236 g/mol. The van der Waals surface area contributed by atoms with Crippen LogP contribution in [0.5, 0.6) is 0 Å². The molecule has 1 aliphatic carbocycles. The minimum absolute atomic E-state index is 0.292. The Balaban J connectivity index is 2.28. The number of hydrogen-bond donors (Lipinski definition) is 1. The lowest BCUT2D eigenvalue weighted by Crippen LogP contribution is -2.29. The number of aromatic nitrogens is 3. The number of hydrogen-bond acceptors (Lipinski definition) is 6. The molecule has 94 valence electrons. The smallest absolute Gasteiger partial charge is 0.232 e. The zero-order valence-electron chi connectivity index (χ0n) is 10.7. The van der Waals surface area contributed by atoms with E-state index in [0.717, 1.165) is 13.0 Å². The van der Waals surface area contributed by atoms with Gasteiger partial charge in [0.1, 0.15) is 0 Å². The molecule has 6 heteroatoms. The van der Waals surface area contributed by atoms with E-state index in [9.17, 15) is 0 Å². The summed E-state index contributed by atoms with van der Waals surface area (Å²) in [5.41, 5.74) is 5.74. The molecule has 1 heterocycles. The Kier molecular flexibility index (Phi) is 3.31. The van der Waals surface area contributed by atoms with Crippen LogP contribution in [0.15, 0.2) is 0 Å². The van der Waals surface area contributed by atoms with E-state index in [0.29, 0.717) is 23.9 Å². The fourth-order valence-electron chi connectivity index (χ4n) is 1.77. The molecular formula is C11H20N6. The first-order valence-corrected chi connectivity index (χ1v) is 6.07. The highest BCUT2D eigenvalue weighted by molar-refractivity contribution is 5.44. The molecule has 0 spiro atoms. The van der Waals surface area contributed by atoms with E-state index in [4.69, 9.17) is 5.73 Å². The molecule has 2 rings (SSSR count). The van der Waals surface area contributed by atoms with Gasteiger partial charge in [0.2, 0.25) is 17.8 Å². The predicted octanol–water partition coefficient (Wildman–Crippen LogP) is 0.899. The molecule has 0 aliphatic heterocycles. The molecule has 1 saturated carbocycles. The summed E-state index contributed by atoms with van der Waals surface area (Å²) in [5, 5.41) is 0. The minimum atomic E-state index is 0.292. The number of nitrogens with zero attached hydrogens (tertiary/aromatic N) is 5. The molecule has 0 amide bonds. The molecule has 17 heavy (non-hydrogen) atoms. The van der Waals surface area contributed by atoms with E-state index < -0.39 is 0 Å². The molecule has 0 saturated heterocycles. The normalized spacial score (nSPS) is 14.8. The Bertz CT molecular complexity index is 388. The number of rotatable bonds is 5. The van der Waals surface area contributed by atoms with Crippen molar-refractivity contribution >= 4 is 17.8 Å². The molecule has 1 aromatic rings. The Hall–Kier alpha value is -1.59. The third kappa shape index (κ3) is 2.75. The highest BCUT2D eigenvalue weighted by atomic mass is 15.4. The minimum Gasteiger partial charge on any atom is -0.368 e. The molecule has 1 fully saturated rings. The molecule has 0 unspecified atom stereocenters. The van der Waals surface area contributed by atoms with E-state index >= 15 is 0 Å². The van der Waals surface area contributed by atoms with Crippen molar-refractivity contribution < 1.29 is 0 Å². The molecule has 6 nitrogen and oxygen atoms in total. The molecule has 1 aliphatic rings. The van der Waals surface area contributed by atoms with Crippen molar-refractivity contribution in [2.45, 2.75) is 32.2 Å². The van der Waals surface area contributed by atoms with Gasteiger partial charge >= 0.3 is 0 Å². The van der Waals surface area contributed by atoms with Crippen molar-refractivity contribution in [1.29, 1.82) is 0 Å². The molecule has 1 aromatic heterocycles. The second kappa shape index (κ2) is 4.73. The van der Waals surface area contributed by atoms with Gasteiger partial charge in [-0.1, -0.05) is 6.92 Å². The summed E-state index contributed by atoms with van der Waals surface area (Å²) in [7, 11) is 3.81. The van der Waals surface area contributed by atoms with Crippen molar-refractivity contribution in [2.24, 2.45) is 0 Å². The Labute approximate surface area is 102 Å². The summed E-state index contributed by atoms with van der Waals surface area (Å²) in [6.07, 6.45) is 3.53. The maximum atomic E-state index is 5.74. The van der Waals surface area contributed by atoms with Crippen LogP contribution in [0.3, 0.4) is 0 Å². The lowest BCUT2D eigenvalue weighted by Gasteiger charge is -2.22. The largest absolute Gasteiger partial charge is 0.368 e. The number of nitrogen functional groups attached to an aromatic ring is 1. The van der Waals surface area contributed by atoms with E-state index in [1.165, 1.54) is 12.8 Å². The predicted molar refractivity (Wildman–Crippen MR) is 69.2 cm³/mol. The monoisotopic (exact) mass is 236 g/mol. The summed E-state index contributed by atoms with van der Waals surface area (Å²) in [6.45, 7) is 3.13. The molecule has 2 N–H and O–H groups in total. The van der Waals surface area contributed by atoms with Gasteiger partial charge in [-0.25, -0.2) is 0 Å². The van der Waals surface area contributed by atoms with Crippen molar-refractivity contribution in [1.82, 2.24) is 15.0 Å². The van der Waals surface area contributed by atoms with Crippen molar-refractivity contribution in [2.75, 3.05) is 36.2 Å². The molecular weight excluding hydrogens is 216 g/mol. The van der Waals surface area contributed by atoms with Crippen molar-refractivity contribution in [3.8, 4) is 0 Å². The second-order valence-electron chi connectivity index (χ2n) is 4.61. The van der Waals surface area contributed by atoms with Crippen LogP contribution in [-0.2, 0) is 0 Å². The van der Waals surface area contributed by atoms with Crippen LogP contribution >= 0.6 is 0 Å². The molecule has 0 radical (unpaired) electrons. The van der Waals surface area contributed by atoms with E-state index in [2.05, 4.69) is 26.8 Å². The Morgan fingerprint density at radius 3 is 2.35 bits per heavy atom. The van der Waals surface area contributed by atoms with Crippen molar-refractivity contribution in [3.05, 3.63) is 0 Å². The van der Waals surface area contributed by atoms with Gasteiger partial charge in [0.25, 0.3) is 0 Å². The summed E-state index contributed by atoms with van der Waals surface area (Å²) < 4.78 is 0. The summed E-state index contributed by atoms with van der Waals surface area (Å²) in [6, 6.07) is 0.590. The topological polar surface area (TPSA) is 71.2 Å². The van der Waals surface area contributed by atoms with Crippen LogP contribution in [0.4, 0.5) is 17.8 Å². The zero-order valence-corrected chi connectivity index (χ0v) is 10.7. The first-order chi connectivity index (χ1) is 8.11. The van der Waals surface area contributed by atoms with E-state index in [1.54, 1.807) is 0 Å². The molecule has 0 atom stereocenters. The average Bonchev–Trinajstić information content (AvgIpc) is 3.08. The van der Waals surface area contributed by atoms with Crippen LogP contribution < -0.4 is 15.5 Å². The van der Waals surface area contributed by atoms with Crippen LogP contribution in [0, 0.1) is 0 Å². The quantitative estimate of drug-likeness (QED) is 0.819. The van der Waals surface area contributed by atoms with Gasteiger partial charge in [-0.2, -0.15) is 15.0 Å². The zero-order chi connectivity index (χ0) is 12.4. The van der Waals surface area contributed by atoms with Crippen LogP contribution in [0.2, 0.25) is 0 Å². The lowest BCUT2D eigenvalue weighted by molar-refractivity contribution is 0.730. The van der Waals surface area contributed by atoms with Crippen molar-refractivity contribution in [3.63, 3.8) is 0 Å². The maximum absolute atomic E-state index is 5.74. The Morgan fingerprint density at radius 1 is 1.18 bits per heavy atom. The standard InChI is InChI=1S/C11H20N6/c1-4-7-17(8-5-6-8)11-14-9(12)13-10(15-11)16(2)3/h8H,4-7H2,1-3H3,(H2,12,13,14,15). The molecule has 0 bridgehead atoms. The van der Waals surface area contributed by atoms with Crippen LogP contribution in [-0.4, -0.2) is 41.6 Å². The lowest BCUT2D eigenvalue weighted by atomic mass is 10.4. The third-order valence-corrected chi connectivity index (χ3v) is 2.74. The highest BCUT2D eigenvalue weighted by Gasteiger charge is 2.30. The summed E-state index contributed by atoms with van der Waals surface area (Å²) in [5.74, 6) is 1.63. The van der Waals surface area contributed by atoms with Crippen LogP contribution in [0.1, 0.15) is 26.2 Å². The van der Waals surface area contributed by atoms with Crippen LogP contribution in [0.25, 0.3) is 0 Å². The second-order valence-corrected chi connectivity index (χ2v) is 4.61. The van der Waals surface area contributed by atoms with Gasteiger partial charge in [0.15, 0.2) is 0 Å². The third-order valence-electron chi connectivity index (χ3n) is 2.74.